The van der Waals surface area contributed by atoms with Gasteiger partial charge in [0.25, 0.3) is 0 Å². The van der Waals surface area contributed by atoms with Crippen LogP contribution in [0.5, 0.6) is 0 Å². The Morgan fingerprint density at radius 2 is 2.12 bits per heavy atom. The second-order valence-electron chi connectivity index (χ2n) is 5.56. The highest BCUT2D eigenvalue weighted by molar-refractivity contribution is 8.00. The van der Waals surface area contributed by atoms with E-state index in [2.05, 4.69) is 10.1 Å². The van der Waals surface area contributed by atoms with E-state index in [0.29, 0.717) is 29.8 Å². The van der Waals surface area contributed by atoms with E-state index in [0.717, 1.165) is 9.77 Å². The van der Waals surface area contributed by atoms with Crippen LogP contribution < -0.4 is 0 Å². The summed E-state index contributed by atoms with van der Waals surface area (Å²) in [7, 11) is 0. The minimum atomic E-state index is -0.226. The third kappa shape index (κ3) is 4.66. The van der Waals surface area contributed by atoms with Crippen LogP contribution in [0.4, 0.5) is 0 Å². The molecule has 136 valence electrons. The van der Waals surface area contributed by atoms with E-state index < -0.39 is 0 Å². The third-order valence-electron chi connectivity index (χ3n) is 3.70. The fourth-order valence-corrected chi connectivity index (χ4v) is 4.09. The number of amides is 1. The van der Waals surface area contributed by atoms with Crippen LogP contribution in [0, 0.1) is 0 Å². The normalized spacial score (nSPS) is 12.1. The van der Waals surface area contributed by atoms with Crippen molar-refractivity contribution in [1.82, 2.24) is 15.0 Å². The molecule has 0 bridgehead atoms. The lowest BCUT2D eigenvalue weighted by Crippen LogP contribution is -2.36. The fraction of sp³-hybridized carbons (Fsp3) is 0.278. The van der Waals surface area contributed by atoms with Gasteiger partial charge in [0, 0.05) is 16.5 Å². The second kappa shape index (κ2) is 8.70. The van der Waals surface area contributed by atoms with Gasteiger partial charge in [0.1, 0.15) is 6.54 Å². The standard InChI is InChI=1S/C18H18ClN3O2S2/c1-3-22(11-16-20-17(21-24-16)15-5-4-10-25-15)18(23)12(2)26-14-8-6-13(19)7-9-14/h4-10,12H,3,11H2,1-2H3. The van der Waals surface area contributed by atoms with Gasteiger partial charge < -0.3 is 9.42 Å². The smallest absolute Gasteiger partial charge is 0.246 e. The maximum atomic E-state index is 12.8. The van der Waals surface area contributed by atoms with E-state index in [-0.39, 0.29) is 11.2 Å². The molecule has 0 saturated heterocycles. The highest BCUT2D eigenvalue weighted by Crippen LogP contribution is 2.26. The van der Waals surface area contributed by atoms with Gasteiger partial charge in [-0.05, 0) is 49.6 Å². The van der Waals surface area contributed by atoms with Gasteiger partial charge >= 0.3 is 0 Å². The Hall–Kier alpha value is -1.83. The molecule has 1 atom stereocenters. The molecule has 2 heterocycles. The summed E-state index contributed by atoms with van der Waals surface area (Å²) in [6.45, 7) is 4.71. The molecule has 0 saturated carbocycles. The highest BCUT2D eigenvalue weighted by atomic mass is 35.5. The van der Waals surface area contributed by atoms with Gasteiger partial charge in [-0.1, -0.05) is 22.8 Å². The highest BCUT2D eigenvalue weighted by Gasteiger charge is 2.23. The monoisotopic (exact) mass is 407 g/mol. The van der Waals surface area contributed by atoms with Gasteiger partial charge in [0.2, 0.25) is 17.6 Å². The summed E-state index contributed by atoms with van der Waals surface area (Å²) < 4.78 is 5.31. The number of carbonyl (C=O) groups is 1. The molecule has 8 heteroatoms. The summed E-state index contributed by atoms with van der Waals surface area (Å²) in [5.74, 6) is 1.03. The van der Waals surface area contributed by atoms with Crippen LogP contribution in [0.15, 0.2) is 51.2 Å². The summed E-state index contributed by atoms with van der Waals surface area (Å²) in [6, 6.07) is 11.4. The van der Waals surface area contributed by atoms with Crippen molar-refractivity contribution in [2.45, 2.75) is 30.5 Å². The number of halogens is 1. The van der Waals surface area contributed by atoms with Crippen molar-refractivity contribution in [3.05, 3.63) is 52.7 Å². The molecule has 0 radical (unpaired) electrons. The van der Waals surface area contributed by atoms with Crippen molar-refractivity contribution in [3.8, 4) is 10.7 Å². The summed E-state index contributed by atoms with van der Waals surface area (Å²) >= 11 is 8.96. The Balaban J connectivity index is 1.64. The van der Waals surface area contributed by atoms with Crippen molar-refractivity contribution < 1.29 is 9.32 Å². The Kier molecular flexibility index (Phi) is 6.34. The third-order valence-corrected chi connectivity index (χ3v) is 5.92. The summed E-state index contributed by atoms with van der Waals surface area (Å²) in [5, 5.41) is 6.41. The van der Waals surface area contributed by atoms with E-state index in [1.807, 2.05) is 55.6 Å². The molecule has 0 aliphatic heterocycles. The molecule has 1 amide bonds. The average Bonchev–Trinajstić information content (AvgIpc) is 3.32. The zero-order valence-corrected chi connectivity index (χ0v) is 16.8. The Morgan fingerprint density at radius 1 is 1.35 bits per heavy atom. The number of nitrogens with zero attached hydrogens (tertiary/aromatic N) is 3. The molecule has 1 aromatic carbocycles. The number of thioether (sulfide) groups is 1. The van der Waals surface area contributed by atoms with Gasteiger partial charge in [-0.25, -0.2) is 0 Å². The first-order valence-electron chi connectivity index (χ1n) is 8.14. The molecule has 5 nitrogen and oxygen atoms in total. The number of thiophene rings is 1. The molecular formula is C18H18ClN3O2S2. The number of rotatable bonds is 7. The molecule has 1 unspecified atom stereocenters. The van der Waals surface area contributed by atoms with Crippen molar-refractivity contribution in [3.63, 3.8) is 0 Å². The molecule has 0 N–H and O–H groups in total. The maximum absolute atomic E-state index is 12.8. The van der Waals surface area contributed by atoms with Gasteiger partial charge in [-0.2, -0.15) is 4.98 Å². The number of aromatic nitrogens is 2. The lowest BCUT2D eigenvalue weighted by molar-refractivity contribution is -0.131. The first-order chi connectivity index (χ1) is 12.6. The van der Waals surface area contributed by atoms with Crippen molar-refractivity contribution in [2.75, 3.05) is 6.54 Å². The van der Waals surface area contributed by atoms with Crippen LogP contribution in [-0.2, 0) is 11.3 Å². The Morgan fingerprint density at radius 3 is 2.77 bits per heavy atom. The molecule has 2 aromatic heterocycles. The molecule has 0 aliphatic carbocycles. The summed E-state index contributed by atoms with van der Waals surface area (Å²) in [6.07, 6.45) is 0. The van der Waals surface area contributed by atoms with Gasteiger partial charge in [-0.3, -0.25) is 4.79 Å². The molecule has 3 rings (SSSR count). The molecule has 26 heavy (non-hydrogen) atoms. The number of benzene rings is 1. The first-order valence-corrected chi connectivity index (χ1v) is 10.3. The van der Waals surface area contributed by atoms with E-state index in [1.54, 1.807) is 16.2 Å². The van der Waals surface area contributed by atoms with E-state index in [4.69, 9.17) is 16.1 Å². The summed E-state index contributed by atoms with van der Waals surface area (Å²) in [5.41, 5.74) is 0. The molecule has 0 fully saturated rings. The molecule has 3 aromatic rings. The lowest BCUT2D eigenvalue weighted by atomic mass is 10.3. The van der Waals surface area contributed by atoms with Crippen LogP contribution in [0.2, 0.25) is 5.02 Å². The Labute approximate surface area is 165 Å². The zero-order valence-electron chi connectivity index (χ0n) is 14.4. The molecular weight excluding hydrogens is 390 g/mol. The van der Waals surface area contributed by atoms with Crippen LogP contribution >= 0.6 is 34.7 Å². The SMILES string of the molecule is CCN(Cc1nc(-c2cccs2)no1)C(=O)C(C)Sc1ccc(Cl)cc1. The summed E-state index contributed by atoms with van der Waals surface area (Å²) in [4.78, 5) is 20.8. The van der Waals surface area contributed by atoms with Crippen molar-refractivity contribution in [1.29, 1.82) is 0 Å². The zero-order chi connectivity index (χ0) is 18.5. The van der Waals surface area contributed by atoms with E-state index in [9.17, 15) is 4.79 Å². The average molecular weight is 408 g/mol. The predicted octanol–water partition coefficient (Wildman–Crippen LogP) is 4.98. The minimum absolute atomic E-state index is 0.0309. The van der Waals surface area contributed by atoms with E-state index in [1.165, 1.54) is 11.8 Å². The number of hydrogen-bond acceptors (Lipinski definition) is 6. The lowest BCUT2D eigenvalue weighted by Gasteiger charge is -2.22. The maximum Gasteiger partial charge on any atom is 0.246 e. The van der Waals surface area contributed by atoms with Gasteiger partial charge in [-0.15, -0.1) is 23.1 Å². The van der Waals surface area contributed by atoms with Crippen LogP contribution in [-0.4, -0.2) is 32.7 Å². The van der Waals surface area contributed by atoms with E-state index >= 15 is 0 Å². The van der Waals surface area contributed by atoms with Crippen molar-refractivity contribution >= 4 is 40.6 Å². The number of carbonyl (C=O) groups excluding carboxylic acids is 1. The quantitative estimate of drug-likeness (QED) is 0.517. The topological polar surface area (TPSA) is 59.2 Å². The second-order valence-corrected chi connectivity index (χ2v) is 8.35. The fourth-order valence-electron chi connectivity index (χ4n) is 2.36. The minimum Gasteiger partial charge on any atom is -0.337 e. The molecule has 0 spiro atoms. The first kappa shape index (κ1) is 18.9. The Bertz CT molecular complexity index is 850. The van der Waals surface area contributed by atoms with Crippen molar-refractivity contribution in [2.24, 2.45) is 0 Å². The van der Waals surface area contributed by atoms with Crippen LogP contribution in [0.25, 0.3) is 10.7 Å². The van der Waals surface area contributed by atoms with Crippen LogP contribution in [0.3, 0.4) is 0 Å². The van der Waals surface area contributed by atoms with Crippen LogP contribution in [0.1, 0.15) is 19.7 Å². The number of hydrogen-bond donors (Lipinski definition) is 0. The van der Waals surface area contributed by atoms with Gasteiger partial charge in [0.05, 0.1) is 10.1 Å². The molecule has 0 aliphatic rings. The predicted molar refractivity (Wildman–Crippen MR) is 105 cm³/mol. The van der Waals surface area contributed by atoms with Gasteiger partial charge in [0.15, 0.2) is 0 Å². The largest absolute Gasteiger partial charge is 0.337 e.